The second-order valence-electron chi connectivity index (χ2n) is 12.3. The highest BCUT2D eigenvalue weighted by Crippen LogP contribution is 2.21. The highest BCUT2D eigenvalue weighted by atomic mass is 16.5. The quantitative estimate of drug-likeness (QED) is 0.159. The summed E-state index contributed by atoms with van der Waals surface area (Å²) >= 11 is 0. The topological polar surface area (TPSA) is 120 Å². The lowest BCUT2D eigenvalue weighted by molar-refractivity contribution is -0.153. The Hall–Kier alpha value is -1.72. The van der Waals surface area contributed by atoms with Gasteiger partial charge < -0.3 is 29.2 Å². The summed E-state index contributed by atoms with van der Waals surface area (Å²) in [6.07, 6.45) is 0.979. The van der Waals surface area contributed by atoms with E-state index in [0.717, 1.165) is 0 Å². The molecule has 0 fully saturated rings. The maximum Gasteiger partial charge on any atom is 0.225 e. The van der Waals surface area contributed by atoms with Crippen molar-refractivity contribution in [2.24, 2.45) is 5.92 Å². The van der Waals surface area contributed by atoms with Crippen molar-refractivity contribution in [3.8, 4) is 0 Å². The molecule has 0 radical (unpaired) electrons. The van der Waals surface area contributed by atoms with Crippen LogP contribution in [0, 0.1) is 5.92 Å². The predicted molar refractivity (Wildman–Crippen MR) is 160 cm³/mol. The summed E-state index contributed by atoms with van der Waals surface area (Å²) in [5.41, 5.74) is -1.29. The summed E-state index contributed by atoms with van der Waals surface area (Å²) in [6, 6.07) is 0.295. The number of ether oxygens (including phenoxy) is 4. The molecule has 0 aromatic heterocycles. The molecule has 0 rings (SSSR count). The number of ketones is 3. The molecule has 0 aliphatic heterocycles. The molecule has 0 saturated heterocycles. The Balaban J connectivity index is 5.71. The van der Waals surface area contributed by atoms with Crippen molar-refractivity contribution in [1.29, 1.82) is 0 Å². The van der Waals surface area contributed by atoms with Gasteiger partial charge in [0.25, 0.3) is 0 Å². The summed E-state index contributed by atoms with van der Waals surface area (Å²) < 4.78 is 23.8. The molecule has 1 amide bonds. The van der Waals surface area contributed by atoms with Crippen LogP contribution in [0.25, 0.3) is 0 Å². The molecule has 240 valence electrons. The maximum absolute atomic E-state index is 13.6. The number of nitrogens with zero attached hydrogens (tertiary/aromatic N) is 1. The summed E-state index contributed by atoms with van der Waals surface area (Å²) in [7, 11) is 1.68. The average molecular weight is 587 g/mol. The number of hydrogen-bond acceptors (Lipinski definition) is 9. The summed E-state index contributed by atoms with van der Waals surface area (Å²) in [5.74, 6) is -0.102. The first-order valence-corrected chi connectivity index (χ1v) is 15.0. The summed E-state index contributed by atoms with van der Waals surface area (Å²) in [5, 5.41) is 3.45. The largest absolute Gasteiger partial charge is 0.378 e. The second-order valence-corrected chi connectivity index (χ2v) is 12.3. The first-order valence-electron chi connectivity index (χ1n) is 15.0. The Kier molecular flexibility index (Phi) is 19.4. The van der Waals surface area contributed by atoms with Gasteiger partial charge in [0.1, 0.15) is 22.9 Å². The van der Waals surface area contributed by atoms with Gasteiger partial charge in [-0.25, -0.2) is 0 Å². The number of hydrogen-bond donors (Lipinski definition) is 1. The number of rotatable bonds is 25. The predicted octanol–water partition coefficient (Wildman–Crippen LogP) is 3.77. The fourth-order valence-corrected chi connectivity index (χ4v) is 4.12. The van der Waals surface area contributed by atoms with Gasteiger partial charge in [0.05, 0.1) is 58.8 Å². The van der Waals surface area contributed by atoms with E-state index in [1.807, 2.05) is 20.8 Å². The Morgan fingerprint density at radius 3 is 1.78 bits per heavy atom. The van der Waals surface area contributed by atoms with E-state index in [9.17, 15) is 19.2 Å². The molecule has 0 aliphatic carbocycles. The van der Waals surface area contributed by atoms with Gasteiger partial charge in [-0.05, 0) is 27.7 Å². The minimum atomic E-state index is -1.04. The van der Waals surface area contributed by atoms with Crippen molar-refractivity contribution >= 4 is 23.3 Å². The minimum Gasteiger partial charge on any atom is -0.378 e. The maximum atomic E-state index is 13.6. The van der Waals surface area contributed by atoms with E-state index >= 15 is 0 Å². The van der Waals surface area contributed by atoms with Crippen LogP contribution in [-0.4, -0.2) is 105 Å². The number of carbonyl (C=O) groups excluding carboxylic acids is 4. The zero-order valence-electron chi connectivity index (χ0n) is 27.4. The van der Waals surface area contributed by atoms with Crippen LogP contribution >= 0.6 is 0 Å². The molecule has 10 heteroatoms. The molecule has 10 nitrogen and oxygen atoms in total. The van der Waals surface area contributed by atoms with Gasteiger partial charge in [-0.15, -0.1) is 0 Å². The van der Waals surface area contributed by atoms with Crippen LogP contribution in [-0.2, 0) is 38.1 Å². The lowest BCUT2D eigenvalue weighted by atomic mass is 9.99. The second kappa shape index (κ2) is 20.2. The molecule has 41 heavy (non-hydrogen) atoms. The lowest BCUT2D eigenvalue weighted by Crippen LogP contribution is -2.59. The molecule has 0 bridgehead atoms. The van der Waals surface area contributed by atoms with Gasteiger partial charge >= 0.3 is 0 Å². The summed E-state index contributed by atoms with van der Waals surface area (Å²) in [4.78, 5) is 50.6. The summed E-state index contributed by atoms with van der Waals surface area (Å²) in [6.45, 7) is 18.3. The zero-order valence-corrected chi connectivity index (χ0v) is 27.4. The highest BCUT2D eigenvalue weighted by molar-refractivity contribution is 5.80. The SMILES string of the molecule is CCC(=O)CCOCC(COCCC(C)=O)(COCCC(=O)C(C)C)N(C)C(=O)CC(C)OCC(C)(C)NC(C)C. The number of likely N-dealkylation sites (N-methyl/N-ethyl adjacent to an activating group) is 1. The third-order valence-electron chi connectivity index (χ3n) is 6.72. The molecule has 1 N–H and O–H groups in total. The van der Waals surface area contributed by atoms with Gasteiger partial charge in [-0.3, -0.25) is 19.2 Å². The van der Waals surface area contributed by atoms with Gasteiger partial charge in [-0.2, -0.15) is 0 Å². The standard InChI is InChI=1S/C31H58N2O8/c1-11-27(35)13-16-39-21-31(20-38-15-12-25(6)34,22-40-17-14-28(36)23(2)3)33(10)29(37)18-26(7)41-19-30(8,9)32-24(4)5/h23-24,26,32H,11-22H2,1-10H3. The van der Waals surface area contributed by atoms with Crippen LogP contribution in [0.3, 0.4) is 0 Å². The first kappa shape index (κ1) is 39.3. The third kappa shape index (κ3) is 17.7. The number of nitrogens with one attached hydrogen (secondary N) is 1. The van der Waals surface area contributed by atoms with E-state index in [1.54, 1.807) is 18.9 Å². The van der Waals surface area contributed by atoms with Crippen LogP contribution in [0.5, 0.6) is 0 Å². The van der Waals surface area contributed by atoms with Crippen LogP contribution in [0.2, 0.25) is 0 Å². The zero-order chi connectivity index (χ0) is 31.6. The Bertz CT molecular complexity index is 799. The molecule has 0 aliphatic rings. The Morgan fingerprint density at radius 1 is 0.805 bits per heavy atom. The van der Waals surface area contributed by atoms with E-state index < -0.39 is 5.54 Å². The molecule has 0 aromatic carbocycles. The minimum absolute atomic E-state index is 0.00124. The van der Waals surface area contributed by atoms with E-state index in [2.05, 4.69) is 33.0 Å². The molecule has 0 saturated carbocycles. The number of Topliss-reactive ketones (excluding diaryl/α,β-unsaturated/α-hetero) is 3. The van der Waals surface area contributed by atoms with Crippen molar-refractivity contribution in [3.63, 3.8) is 0 Å². The van der Waals surface area contributed by atoms with Gasteiger partial charge in [0.15, 0.2) is 0 Å². The van der Waals surface area contributed by atoms with Gasteiger partial charge in [0, 0.05) is 50.2 Å². The molecule has 0 aromatic rings. The Morgan fingerprint density at radius 2 is 1.32 bits per heavy atom. The molecular formula is C31H58N2O8. The van der Waals surface area contributed by atoms with Crippen molar-refractivity contribution in [2.75, 3.05) is 53.3 Å². The Labute approximate surface area is 248 Å². The lowest BCUT2D eigenvalue weighted by Gasteiger charge is -2.41. The molecule has 0 heterocycles. The molecular weight excluding hydrogens is 528 g/mol. The van der Waals surface area contributed by atoms with Gasteiger partial charge in [0.2, 0.25) is 5.91 Å². The van der Waals surface area contributed by atoms with Crippen molar-refractivity contribution in [2.45, 2.75) is 118 Å². The van der Waals surface area contributed by atoms with E-state index in [0.29, 0.717) is 19.1 Å². The van der Waals surface area contributed by atoms with Crippen molar-refractivity contribution in [1.82, 2.24) is 10.2 Å². The van der Waals surface area contributed by atoms with Crippen molar-refractivity contribution in [3.05, 3.63) is 0 Å². The van der Waals surface area contributed by atoms with E-state index in [-0.39, 0.29) is 106 Å². The number of carbonyl (C=O) groups is 4. The van der Waals surface area contributed by atoms with E-state index in [4.69, 9.17) is 18.9 Å². The number of amides is 1. The average Bonchev–Trinajstić information content (AvgIpc) is 2.88. The first-order chi connectivity index (χ1) is 19.0. The smallest absolute Gasteiger partial charge is 0.225 e. The van der Waals surface area contributed by atoms with E-state index in [1.165, 1.54) is 6.92 Å². The molecule has 0 spiro atoms. The monoisotopic (exact) mass is 586 g/mol. The van der Waals surface area contributed by atoms with Crippen LogP contribution in [0.1, 0.15) is 94.4 Å². The highest BCUT2D eigenvalue weighted by Gasteiger charge is 2.39. The molecule has 2 unspecified atom stereocenters. The molecule has 2 atom stereocenters. The normalized spacial score (nSPS) is 14.2. The van der Waals surface area contributed by atoms with Crippen molar-refractivity contribution < 1.29 is 38.1 Å². The van der Waals surface area contributed by atoms with Gasteiger partial charge in [-0.1, -0.05) is 34.6 Å². The van der Waals surface area contributed by atoms with Crippen LogP contribution in [0.15, 0.2) is 0 Å². The third-order valence-corrected chi connectivity index (χ3v) is 6.72. The fourth-order valence-electron chi connectivity index (χ4n) is 4.12. The van der Waals surface area contributed by atoms with Crippen LogP contribution in [0.4, 0.5) is 0 Å². The van der Waals surface area contributed by atoms with Crippen LogP contribution < -0.4 is 5.32 Å². The fraction of sp³-hybridized carbons (Fsp3) is 0.871.